The van der Waals surface area contributed by atoms with E-state index in [1.54, 1.807) is 32.9 Å². The Balaban J connectivity index is 2.15. The molecule has 8 nitrogen and oxygen atoms in total. The van der Waals surface area contributed by atoms with Gasteiger partial charge in [0, 0.05) is 14.2 Å². The molecule has 0 aliphatic carbocycles. The van der Waals surface area contributed by atoms with E-state index in [0.717, 1.165) is 5.56 Å². The number of aryl methyl sites for hydroxylation is 1. The maximum absolute atomic E-state index is 12.4. The predicted molar refractivity (Wildman–Crippen MR) is 97.8 cm³/mol. The first-order chi connectivity index (χ1) is 12.4. The number of nitrogens with zero attached hydrogens (tertiary/aromatic N) is 1. The van der Waals surface area contributed by atoms with Gasteiger partial charge >= 0.3 is 6.09 Å². The van der Waals surface area contributed by atoms with Crippen LogP contribution in [0.5, 0.6) is 0 Å². The molecule has 0 spiro atoms. The standard InChI is InChI=1S/C18H27NO7S/c1-13-7-9-14(10-8-13)27(21,22)25-11-15-18(23-5,24-6)12-19(15)16(20)26-17(2,3)4/h7-10,15H,11-12H2,1-6H3. The largest absolute Gasteiger partial charge is 0.444 e. The Morgan fingerprint density at radius 1 is 1.19 bits per heavy atom. The van der Waals surface area contributed by atoms with E-state index >= 15 is 0 Å². The number of carbonyl (C=O) groups is 1. The van der Waals surface area contributed by atoms with Gasteiger partial charge in [0.05, 0.1) is 18.0 Å². The Kier molecular flexibility index (Phi) is 6.20. The molecule has 2 rings (SSSR count). The lowest BCUT2D eigenvalue weighted by Crippen LogP contribution is -2.74. The SMILES string of the molecule is COC1(OC)CN(C(=O)OC(C)(C)C)C1COS(=O)(=O)c1ccc(C)cc1. The summed E-state index contributed by atoms with van der Waals surface area (Å²) in [4.78, 5) is 13.8. The van der Waals surface area contributed by atoms with E-state index in [1.807, 2.05) is 6.92 Å². The van der Waals surface area contributed by atoms with Crippen LogP contribution >= 0.6 is 0 Å². The number of hydrogen-bond acceptors (Lipinski definition) is 7. The molecule has 0 aromatic heterocycles. The van der Waals surface area contributed by atoms with Gasteiger partial charge in [0.25, 0.3) is 10.1 Å². The summed E-state index contributed by atoms with van der Waals surface area (Å²) in [6.45, 7) is 6.88. The lowest BCUT2D eigenvalue weighted by molar-refractivity contribution is -0.305. The molecular formula is C18H27NO7S. The summed E-state index contributed by atoms with van der Waals surface area (Å²) in [6, 6.07) is 5.53. The number of ether oxygens (including phenoxy) is 3. The highest BCUT2D eigenvalue weighted by Gasteiger charge is 2.57. The molecule has 1 heterocycles. The molecular weight excluding hydrogens is 374 g/mol. The minimum atomic E-state index is -3.99. The summed E-state index contributed by atoms with van der Waals surface area (Å²) in [6.07, 6.45) is -0.589. The average molecular weight is 401 g/mol. The fraction of sp³-hybridized carbons (Fsp3) is 0.611. The van der Waals surface area contributed by atoms with Crippen molar-refractivity contribution in [3.63, 3.8) is 0 Å². The zero-order chi connectivity index (χ0) is 20.5. The summed E-state index contributed by atoms with van der Waals surface area (Å²) in [5.74, 6) is -1.15. The Hall–Kier alpha value is -1.68. The highest BCUT2D eigenvalue weighted by Crippen LogP contribution is 2.35. The number of benzene rings is 1. The first-order valence-corrected chi connectivity index (χ1v) is 9.91. The molecule has 1 fully saturated rings. The Morgan fingerprint density at radius 2 is 1.74 bits per heavy atom. The Labute approximate surface area is 160 Å². The quantitative estimate of drug-likeness (QED) is 0.533. The molecule has 0 bridgehead atoms. The molecule has 1 aliphatic heterocycles. The molecule has 1 atom stereocenters. The van der Waals surface area contributed by atoms with Crippen LogP contribution in [0.3, 0.4) is 0 Å². The monoisotopic (exact) mass is 401 g/mol. The van der Waals surface area contributed by atoms with Crippen LogP contribution in [0, 0.1) is 6.92 Å². The third kappa shape index (κ3) is 4.78. The molecule has 0 saturated carbocycles. The second-order valence-electron chi connectivity index (χ2n) is 7.40. The van der Waals surface area contributed by atoms with Crippen LogP contribution < -0.4 is 0 Å². The molecule has 1 amide bonds. The molecule has 27 heavy (non-hydrogen) atoms. The first-order valence-electron chi connectivity index (χ1n) is 8.50. The van der Waals surface area contributed by atoms with Crippen molar-refractivity contribution < 1.29 is 31.6 Å². The van der Waals surface area contributed by atoms with Crippen LogP contribution in [-0.2, 0) is 28.5 Å². The van der Waals surface area contributed by atoms with Crippen molar-refractivity contribution in [2.45, 2.75) is 50.0 Å². The second kappa shape index (κ2) is 7.75. The second-order valence-corrected chi connectivity index (χ2v) is 9.01. The summed E-state index contributed by atoms with van der Waals surface area (Å²) in [7, 11) is -1.13. The van der Waals surface area contributed by atoms with Crippen molar-refractivity contribution in [2.75, 3.05) is 27.4 Å². The van der Waals surface area contributed by atoms with Gasteiger partial charge in [-0.3, -0.25) is 9.08 Å². The van der Waals surface area contributed by atoms with E-state index in [0.29, 0.717) is 0 Å². The minimum absolute atomic E-state index is 0.0386. The lowest BCUT2D eigenvalue weighted by atomic mass is 9.96. The minimum Gasteiger partial charge on any atom is -0.444 e. The van der Waals surface area contributed by atoms with E-state index in [4.69, 9.17) is 18.4 Å². The Bertz CT molecular complexity index is 764. The van der Waals surface area contributed by atoms with Gasteiger partial charge < -0.3 is 14.2 Å². The fourth-order valence-electron chi connectivity index (χ4n) is 2.72. The maximum Gasteiger partial charge on any atom is 0.411 e. The average Bonchev–Trinajstić information content (AvgIpc) is 2.54. The van der Waals surface area contributed by atoms with Gasteiger partial charge in [-0.1, -0.05) is 17.7 Å². The molecule has 9 heteroatoms. The summed E-state index contributed by atoms with van der Waals surface area (Å²) < 4.78 is 46.2. The predicted octanol–water partition coefficient (Wildman–Crippen LogP) is 2.31. The van der Waals surface area contributed by atoms with Crippen LogP contribution in [0.15, 0.2) is 29.2 Å². The number of likely N-dealkylation sites (tertiary alicyclic amines) is 1. The van der Waals surface area contributed by atoms with Crippen LogP contribution in [0.1, 0.15) is 26.3 Å². The van der Waals surface area contributed by atoms with E-state index in [2.05, 4.69) is 0 Å². The molecule has 1 aliphatic rings. The van der Waals surface area contributed by atoms with E-state index in [1.165, 1.54) is 31.3 Å². The topological polar surface area (TPSA) is 91.4 Å². The summed E-state index contributed by atoms with van der Waals surface area (Å²) in [5.41, 5.74) is 0.247. The number of methoxy groups -OCH3 is 2. The van der Waals surface area contributed by atoms with Gasteiger partial charge in [-0.2, -0.15) is 8.42 Å². The zero-order valence-electron chi connectivity index (χ0n) is 16.5. The van der Waals surface area contributed by atoms with Gasteiger partial charge in [-0.15, -0.1) is 0 Å². The number of hydrogen-bond donors (Lipinski definition) is 0. The van der Waals surface area contributed by atoms with Gasteiger partial charge in [0.2, 0.25) is 5.79 Å². The van der Waals surface area contributed by atoms with Gasteiger partial charge in [-0.05, 0) is 39.8 Å². The molecule has 1 unspecified atom stereocenters. The highest BCUT2D eigenvalue weighted by molar-refractivity contribution is 7.86. The maximum atomic E-state index is 12.4. The molecule has 0 N–H and O–H groups in total. The van der Waals surface area contributed by atoms with Gasteiger partial charge in [0.15, 0.2) is 0 Å². The van der Waals surface area contributed by atoms with Crippen molar-refractivity contribution >= 4 is 16.2 Å². The van der Waals surface area contributed by atoms with Crippen LogP contribution in [-0.4, -0.2) is 64.2 Å². The van der Waals surface area contributed by atoms with E-state index < -0.39 is 33.6 Å². The molecule has 1 aromatic carbocycles. The zero-order valence-corrected chi connectivity index (χ0v) is 17.3. The lowest BCUT2D eigenvalue weighted by Gasteiger charge is -2.53. The van der Waals surface area contributed by atoms with Crippen molar-refractivity contribution in [3.05, 3.63) is 29.8 Å². The summed E-state index contributed by atoms with van der Waals surface area (Å²) >= 11 is 0. The number of amides is 1. The van der Waals surface area contributed by atoms with Crippen molar-refractivity contribution in [3.8, 4) is 0 Å². The normalized spacial score (nSPS) is 19.5. The Morgan fingerprint density at radius 3 is 2.22 bits per heavy atom. The van der Waals surface area contributed by atoms with Crippen LogP contribution in [0.2, 0.25) is 0 Å². The molecule has 1 aromatic rings. The molecule has 152 valence electrons. The first kappa shape index (κ1) is 21.6. The van der Waals surface area contributed by atoms with E-state index in [9.17, 15) is 13.2 Å². The summed E-state index contributed by atoms with van der Waals surface area (Å²) in [5, 5.41) is 0. The fourth-order valence-corrected chi connectivity index (χ4v) is 3.63. The van der Waals surface area contributed by atoms with Crippen molar-refractivity contribution in [1.82, 2.24) is 4.90 Å². The smallest absolute Gasteiger partial charge is 0.411 e. The van der Waals surface area contributed by atoms with Crippen LogP contribution in [0.25, 0.3) is 0 Å². The number of rotatable bonds is 6. The third-order valence-corrected chi connectivity index (χ3v) is 5.58. The number of carbonyl (C=O) groups excluding carboxylic acids is 1. The third-order valence-electron chi connectivity index (χ3n) is 4.28. The van der Waals surface area contributed by atoms with Crippen molar-refractivity contribution in [1.29, 1.82) is 0 Å². The van der Waals surface area contributed by atoms with E-state index in [-0.39, 0.29) is 18.0 Å². The van der Waals surface area contributed by atoms with Crippen molar-refractivity contribution in [2.24, 2.45) is 0 Å². The van der Waals surface area contributed by atoms with Crippen LogP contribution in [0.4, 0.5) is 4.79 Å². The molecule has 1 saturated heterocycles. The van der Waals surface area contributed by atoms with Gasteiger partial charge in [-0.25, -0.2) is 4.79 Å². The highest BCUT2D eigenvalue weighted by atomic mass is 32.2. The van der Waals surface area contributed by atoms with Gasteiger partial charge in [0.1, 0.15) is 11.6 Å². The molecule has 0 radical (unpaired) electrons.